The number of hydrogen-bond donors (Lipinski definition) is 2. The fourth-order valence-electron chi connectivity index (χ4n) is 1.62. The number of hydrogen-bond acceptors (Lipinski definition) is 2. The molecule has 16 heavy (non-hydrogen) atoms. The number of aliphatic hydroxyl groups is 1. The molecule has 0 fully saturated rings. The zero-order chi connectivity index (χ0) is 11.2. The molecule has 0 saturated carbocycles. The maximum absolute atomic E-state index is 9.82. The Morgan fingerprint density at radius 2 is 2.06 bits per heavy atom. The molecule has 1 aliphatic rings. The van der Waals surface area contributed by atoms with E-state index in [9.17, 15) is 5.11 Å². The summed E-state index contributed by atoms with van der Waals surface area (Å²) in [5, 5.41) is 13.1. The number of anilines is 1. The van der Waals surface area contributed by atoms with Gasteiger partial charge in [-0.2, -0.15) is 0 Å². The molecule has 2 rings (SSSR count). The Morgan fingerprint density at radius 1 is 1.25 bits per heavy atom. The van der Waals surface area contributed by atoms with Gasteiger partial charge in [0, 0.05) is 17.8 Å². The molecule has 1 aromatic rings. The zero-order valence-electron chi connectivity index (χ0n) is 9.06. The van der Waals surface area contributed by atoms with Crippen LogP contribution in [0.1, 0.15) is 6.42 Å². The lowest BCUT2D eigenvalue weighted by Crippen LogP contribution is -2.14. The van der Waals surface area contributed by atoms with Crippen molar-refractivity contribution in [2.24, 2.45) is 0 Å². The molecule has 1 aliphatic carbocycles. The van der Waals surface area contributed by atoms with Gasteiger partial charge in [0.05, 0.1) is 6.10 Å². The van der Waals surface area contributed by atoms with Gasteiger partial charge in [-0.15, -0.1) is 5.73 Å². The first-order chi connectivity index (χ1) is 7.86. The molecule has 82 valence electrons. The molecule has 0 aromatic heterocycles. The normalized spacial score (nSPS) is 14.9. The molecular weight excluding hydrogens is 198 g/mol. The van der Waals surface area contributed by atoms with Gasteiger partial charge in [0.15, 0.2) is 0 Å². The third-order valence-corrected chi connectivity index (χ3v) is 2.50. The smallest absolute Gasteiger partial charge is 0.0878 e. The lowest BCUT2D eigenvalue weighted by molar-refractivity contribution is 0.209. The lowest BCUT2D eigenvalue weighted by atomic mass is 10.1. The first kappa shape index (κ1) is 10.7. The van der Waals surface area contributed by atoms with Crippen LogP contribution >= 0.6 is 0 Å². The fourth-order valence-corrected chi connectivity index (χ4v) is 1.62. The highest BCUT2D eigenvalue weighted by Gasteiger charge is 2.08. The molecule has 1 aromatic carbocycles. The second-order valence-corrected chi connectivity index (χ2v) is 3.72. The monoisotopic (exact) mass is 213 g/mol. The molecule has 0 heterocycles. The standard InChI is InChI=1S/C14H15NO/c16-14(12-6-4-5-7-12)10-11-15-13-8-2-1-3-9-13/h1-6,8-9,14-16H,10-11H2. The van der Waals surface area contributed by atoms with E-state index in [0.29, 0.717) is 6.42 Å². The van der Waals surface area contributed by atoms with Gasteiger partial charge in [-0.1, -0.05) is 24.3 Å². The van der Waals surface area contributed by atoms with Gasteiger partial charge in [-0.05, 0) is 30.7 Å². The van der Waals surface area contributed by atoms with Crippen molar-refractivity contribution in [3.8, 4) is 0 Å². The van der Waals surface area contributed by atoms with Crippen LogP contribution in [0.3, 0.4) is 0 Å². The first-order valence-electron chi connectivity index (χ1n) is 5.46. The summed E-state index contributed by atoms with van der Waals surface area (Å²) in [5.41, 5.74) is 4.96. The Balaban J connectivity index is 1.76. The lowest BCUT2D eigenvalue weighted by Gasteiger charge is -2.10. The average molecular weight is 213 g/mol. The number of allylic oxidation sites excluding steroid dienone is 1. The number of aliphatic hydroxyl groups excluding tert-OH is 1. The van der Waals surface area contributed by atoms with Crippen LogP contribution in [0.2, 0.25) is 0 Å². The summed E-state index contributed by atoms with van der Waals surface area (Å²) in [6, 6.07) is 9.99. The molecule has 0 amide bonds. The molecule has 2 heteroatoms. The SMILES string of the molecule is OC(CCNc1ccccc1)C1=C=CC=C1. The highest BCUT2D eigenvalue weighted by Crippen LogP contribution is 2.11. The van der Waals surface area contributed by atoms with Crippen molar-refractivity contribution in [3.05, 3.63) is 59.9 Å². The fraction of sp³-hybridized carbons (Fsp3) is 0.214. The quantitative estimate of drug-likeness (QED) is 0.736. The minimum absolute atomic E-state index is 0.425. The minimum atomic E-state index is -0.425. The van der Waals surface area contributed by atoms with Crippen molar-refractivity contribution in [1.29, 1.82) is 0 Å². The van der Waals surface area contributed by atoms with Crippen molar-refractivity contribution >= 4 is 5.69 Å². The van der Waals surface area contributed by atoms with E-state index in [0.717, 1.165) is 17.8 Å². The van der Waals surface area contributed by atoms with E-state index in [1.54, 1.807) is 0 Å². The zero-order valence-corrected chi connectivity index (χ0v) is 9.06. The van der Waals surface area contributed by atoms with E-state index in [4.69, 9.17) is 0 Å². The van der Waals surface area contributed by atoms with E-state index in [1.165, 1.54) is 0 Å². The summed E-state index contributed by atoms with van der Waals surface area (Å²) < 4.78 is 0. The molecule has 0 saturated heterocycles. The van der Waals surface area contributed by atoms with Crippen LogP contribution in [0.25, 0.3) is 0 Å². The van der Waals surface area contributed by atoms with Crippen molar-refractivity contribution in [3.63, 3.8) is 0 Å². The Bertz CT molecular complexity index is 427. The molecule has 2 nitrogen and oxygen atoms in total. The minimum Gasteiger partial charge on any atom is -0.388 e. The van der Waals surface area contributed by atoms with Crippen LogP contribution in [-0.2, 0) is 0 Å². The van der Waals surface area contributed by atoms with Crippen molar-refractivity contribution in [1.82, 2.24) is 0 Å². The van der Waals surface area contributed by atoms with Gasteiger partial charge >= 0.3 is 0 Å². The highest BCUT2D eigenvalue weighted by molar-refractivity contribution is 5.42. The highest BCUT2D eigenvalue weighted by atomic mass is 16.3. The average Bonchev–Trinajstić information content (AvgIpc) is 2.84. The van der Waals surface area contributed by atoms with Crippen LogP contribution in [0.5, 0.6) is 0 Å². The Hall–Kier alpha value is -1.76. The number of benzene rings is 1. The topological polar surface area (TPSA) is 32.3 Å². The van der Waals surface area contributed by atoms with Crippen LogP contribution in [0, 0.1) is 0 Å². The van der Waals surface area contributed by atoms with Crippen LogP contribution < -0.4 is 5.32 Å². The van der Waals surface area contributed by atoms with Gasteiger partial charge in [0.2, 0.25) is 0 Å². The van der Waals surface area contributed by atoms with Gasteiger partial charge in [-0.25, -0.2) is 0 Å². The predicted molar refractivity (Wildman–Crippen MR) is 66.3 cm³/mol. The molecule has 0 bridgehead atoms. The Labute approximate surface area is 95.6 Å². The van der Waals surface area contributed by atoms with Gasteiger partial charge in [0.1, 0.15) is 0 Å². The number of para-hydroxylation sites is 1. The van der Waals surface area contributed by atoms with Crippen LogP contribution in [0.15, 0.2) is 59.9 Å². The predicted octanol–water partition coefficient (Wildman–Crippen LogP) is 2.50. The summed E-state index contributed by atoms with van der Waals surface area (Å²) in [6.07, 6.45) is 5.88. The molecule has 0 radical (unpaired) electrons. The largest absolute Gasteiger partial charge is 0.388 e. The maximum Gasteiger partial charge on any atom is 0.0878 e. The summed E-state index contributed by atoms with van der Waals surface area (Å²) >= 11 is 0. The van der Waals surface area contributed by atoms with Gasteiger partial charge in [-0.3, -0.25) is 0 Å². The second-order valence-electron chi connectivity index (χ2n) is 3.72. The van der Waals surface area contributed by atoms with E-state index in [-0.39, 0.29) is 0 Å². The third-order valence-electron chi connectivity index (χ3n) is 2.50. The number of nitrogens with one attached hydrogen (secondary N) is 1. The van der Waals surface area contributed by atoms with Crippen LogP contribution in [0.4, 0.5) is 5.69 Å². The molecular formula is C14H15NO. The van der Waals surface area contributed by atoms with Crippen LogP contribution in [-0.4, -0.2) is 17.8 Å². The van der Waals surface area contributed by atoms with Crippen molar-refractivity contribution in [2.45, 2.75) is 12.5 Å². The number of rotatable bonds is 5. The summed E-state index contributed by atoms with van der Waals surface area (Å²) in [6.45, 7) is 0.754. The second kappa shape index (κ2) is 5.36. The third kappa shape index (κ3) is 2.86. The molecule has 0 spiro atoms. The van der Waals surface area contributed by atoms with E-state index < -0.39 is 6.10 Å². The summed E-state index contributed by atoms with van der Waals surface area (Å²) in [4.78, 5) is 0. The van der Waals surface area contributed by atoms with E-state index >= 15 is 0 Å². The maximum atomic E-state index is 9.82. The first-order valence-corrected chi connectivity index (χ1v) is 5.46. The summed E-state index contributed by atoms with van der Waals surface area (Å²) in [5.74, 6) is 0. The molecule has 1 atom stereocenters. The van der Waals surface area contributed by atoms with E-state index in [2.05, 4.69) is 11.0 Å². The molecule has 0 aliphatic heterocycles. The molecule has 2 N–H and O–H groups in total. The van der Waals surface area contributed by atoms with Gasteiger partial charge in [0.25, 0.3) is 0 Å². The van der Waals surface area contributed by atoms with Gasteiger partial charge < -0.3 is 10.4 Å². The Kier molecular flexibility index (Phi) is 3.60. The van der Waals surface area contributed by atoms with E-state index in [1.807, 2.05) is 48.6 Å². The van der Waals surface area contributed by atoms with Crippen molar-refractivity contribution in [2.75, 3.05) is 11.9 Å². The summed E-state index contributed by atoms with van der Waals surface area (Å²) in [7, 11) is 0. The van der Waals surface area contributed by atoms with Crippen molar-refractivity contribution < 1.29 is 5.11 Å². The Morgan fingerprint density at radius 3 is 2.75 bits per heavy atom. The molecule has 1 unspecified atom stereocenters.